The van der Waals surface area contributed by atoms with Gasteiger partial charge in [0.25, 0.3) is 0 Å². The third kappa shape index (κ3) is 5.33. The topological polar surface area (TPSA) is 81.2 Å². The number of fused-ring (bicyclic) bond motifs is 1. The van der Waals surface area contributed by atoms with E-state index in [1.165, 1.54) is 20.8 Å². The number of carbonyl (C=O) groups excluding carboxylic acids is 2. The minimum absolute atomic E-state index is 0.0290. The number of carboxylic acid groups (broad SMARTS) is 1. The minimum Gasteiger partial charge on any atom is -0.481 e. The second-order valence-corrected chi connectivity index (χ2v) is 10.9. The SMILES string of the molecule is O=C(N1CCC(CC(=O)N(c2ccccc2)C2CCCC(F)(F)C2)(C(=O)O)CC1)N1CCc2cccc(F)c21. The van der Waals surface area contributed by atoms with Gasteiger partial charge in [-0.1, -0.05) is 30.3 Å². The van der Waals surface area contributed by atoms with Crippen molar-refractivity contribution in [3.05, 3.63) is 59.9 Å². The van der Waals surface area contributed by atoms with Crippen LogP contribution in [0.4, 0.5) is 29.3 Å². The molecule has 10 heteroatoms. The van der Waals surface area contributed by atoms with Gasteiger partial charge in [0.05, 0.1) is 11.1 Å². The van der Waals surface area contributed by atoms with Crippen molar-refractivity contribution in [2.45, 2.75) is 63.3 Å². The Morgan fingerprint density at radius 2 is 1.69 bits per heavy atom. The summed E-state index contributed by atoms with van der Waals surface area (Å²) in [6, 6.07) is 12.1. The molecule has 1 saturated heterocycles. The summed E-state index contributed by atoms with van der Waals surface area (Å²) in [6.45, 7) is 0.517. The molecule has 3 amide bonds. The molecule has 5 rings (SSSR count). The van der Waals surface area contributed by atoms with Crippen molar-refractivity contribution in [3.8, 4) is 0 Å². The van der Waals surface area contributed by atoms with E-state index >= 15 is 0 Å². The number of aliphatic carboxylic acids is 1. The summed E-state index contributed by atoms with van der Waals surface area (Å²) in [5.74, 6) is -5.03. The lowest BCUT2D eigenvalue weighted by molar-refractivity contribution is -0.154. The van der Waals surface area contributed by atoms with Crippen LogP contribution in [0.3, 0.4) is 0 Å². The molecule has 1 atom stereocenters. The standard InChI is InChI=1S/C29H32F3N3O4/c30-23-10-4-6-20-11-15-34(25(20)23)27(39)33-16-13-28(14-17-33,26(37)38)19-24(36)35(21-7-2-1-3-8-21)22-9-5-12-29(31,32)18-22/h1-4,6-8,10,22H,5,9,11-19H2,(H,37,38). The highest BCUT2D eigenvalue weighted by Crippen LogP contribution is 2.41. The van der Waals surface area contributed by atoms with E-state index in [-0.39, 0.29) is 56.9 Å². The van der Waals surface area contributed by atoms with Crippen LogP contribution in [0, 0.1) is 11.2 Å². The maximum absolute atomic E-state index is 14.5. The average molecular weight is 544 g/mol. The smallest absolute Gasteiger partial charge is 0.324 e. The molecule has 2 fully saturated rings. The molecule has 3 aliphatic rings. The van der Waals surface area contributed by atoms with Crippen molar-refractivity contribution >= 4 is 29.3 Å². The fraction of sp³-hybridized carbons (Fsp3) is 0.483. The van der Waals surface area contributed by atoms with Gasteiger partial charge in [-0.2, -0.15) is 0 Å². The molecule has 1 N–H and O–H groups in total. The van der Waals surface area contributed by atoms with Crippen LogP contribution < -0.4 is 9.80 Å². The zero-order valence-corrected chi connectivity index (χ0v) is 21.6. The van der Waals surface area contributed by atoms with Gasteiger partial charge in [-0.25, -0.2) is 18.0 Å². The van der Waals surface area contributed by atoms with Crippen LogP contribution in [0.1, 0.15) is 50.5 Å². The van der Waals surface area contributed by atoms with Gasteiger partial charge >= 0.3 is 12.0 Å². The number of carbonyl (C=O) groups is 3. The van der Waals surface area contributed by atoms with E-state index in [1.807, 2.05) is 0 Å². The number of urea groups is 1. The summed E-state index contributed by atoms with van der Waals surface area (Å²) in [5, 5.41) is 10.2. The van der Waals surface area contributed by atoms with Crippen molar-refractivity contribution in [2.75, 3.05) is 29.4 Å². The van der Waals surface area contributed by atoms with E-state index in [2.05, 4.69) is 0 Å². The summed E-state index contributed by atoms with van der Waals surface area (Å²) in [7, 11) is 0. The van der Waals surface area contributed by atoms with Crippen LogP contribution in [-0.2, 0) is 16.0 Å². The summed E-state index contributed by atoms with van der Waals surface area (Å²) in [5.41, 5.74) is 0.0374. The van der Waals surface area contributed by atoms with Crippen molar-refractivity contribution in [1.29, 1.82) is 0 Å². The van der Waals surface area contributed by atoms with Gasteiger partial charge in [0.1, 0.15) is 5.82 Å². The highest BCUT2D eigenvalue weighted by atomic mass is 19.3. The highest BCUT2D eigenvalue weighted by Gasteiger charge is 2.48. The molecule has 7 nitrogen and oxygen atoms in total. The van der Waals surface area contributed by atoms with Crippen molar-refractivity contribution < 1.29 is 32.7 Å². The van der Waals surface area contributed by atoms with E-state index in [0.717, 1.165) is 5.56 Å². The van der Waals surface area contributed by atoms with E-state index < -0.39 is 41.5 Å². The number of benzene rings is 2. The van der Waals surface area contributed by atoms with Crippen LogP contribution in [0.5, 0.6) is 0 Å². The fourth-order valence-corrected chi connectivity index (χ4v) is 6.25. The molecule has 208 valence electrons. The number of amides is 3. The van der Waals surface area contributed by atoms with Gasteiger partial charge < -0.3 is 14.9 Å². The second-order valence-electron chi connectivity index (χ2n) is 10.9. The number of likely N-dealkylation sites (tertiary alicyclic amines) is 1. The highest BCUT2D eigenvalue weighted by molar-refractivity contribution is 5.97. The van der Waals surface area contributed by atoms with Crippen molar-refractivity contribution in [3.63, 3.8) is 0 Å². The maximum Gasteiger partial charge on any atom is 0.324 e. The van der Waals surface area contributed by atoms with E-state index in [9.17, 15) is 32.7 Å². The maximum atomic E-state index is 14.5. The first-order valence-corrected chi connectivity index (χ1v) is 13.4. The largest absolute Gasteiger partial charge is 0.481 e. The molecular weight excluding hydrogens is 511 g/mol. The van der Waals surface area contributed by atoms with E-state index in [0.29, 0.717) is 25.1 Å². The number of piperidine rings is 1. The quantitative estimate of drug-likeness (QED) is 0.542. The first-order chi connectivity index (χ1) is 18.6. The van der Waals surface area contributed by atoms with E-state index in [4.69, 9.17) is 0 Å². The number of halogens is 3. The lowest BCUT2D eigenvalue weighted by Crippen LogP contribution is -2.53. The Hall–Kier alpha value is -3.56. The molecule has 2 heterocycles. The van der Waals surface area contributed by atoms with Gasteiger partial charge in [-0.3, -0.25) is 14.5 Å². The predicted octanol–water partition coefficient (Wildman–Crippen LogP) is 5.48. The number of rotatable bonds is 5. The number of nitrogens with zero attached hydrogens (tertiary/aromatic N) is 3. The Balaban J connectivity index is 1.32. The second kappa shape index (κ2) is 10.5. The molecular formula is C29H32F3N3O4. The summed E-state index contributed by atoms with van der Waals surface area (Å²) in [4.78, 5) is 43.8. The Kier molecular flexibility index (Phi) is 7.31. The number of alkyl halides is 2. The molecule has 1 unspecified atom stereocenters. The van der Waals surface area contributed by atoms with Crippen molar-refractivity contribution in [2.24, 2.45) is 5.41 Å². The molecule has 0 aromatic heterocycles. The number of hydrogen-bond donors (Lipinski definition) is 1. The molecule has 2 aromatic carbocycles. The zero-order chi connectivity index (χ0) is 27.8. The van der Waals surface area contributed by atoms with Crippen molar-refractivity contribution in [1.82, 2.24) is 4.90 Å². The number of anilines is 2. The number of hydrogen-bond acceptors (Lipinski definition) is 3. The van der Waals surface area contributed by atoms with Crippen LogP contribution >= 0.6 is 0 Å². The summed E-state index contributed by atoms with van der Waals surface area (Å²) < 4.78 is 43.1. The summed E-state index contributed by atoms with van der Waals surface area (Å²) in [6.07, 6.45) is 0.224. The number of para-hydroxylation sites is 2. The number of carboxylic acids is 1. The fourth-order valence-electron chi connectivity index (χ4n) is 6.25. The third-order valence-electron chi connectivity index (χ3n) is 8.39. The molecule has 0 radical (unpaired) electrons. The molecule has 1 aliphatic carbocycles. The Labute approximate surface area is 225 Å². The Morgan fingerprint density at radius 3 is 2.36 bits per heavy atom. The average Bonchev–Trinajstić information content (AvgIpc) is 3.34. The van der Waals surface area contributed by atoms with E-state index in [1.54, 1.807) is 42.5 Å². The molecule has 0 spiro atoms. The Morgan fingerprint density at radius 1 is 0.974 bits per heavy atom. The molecule has 1 saturated carbocycles. The van der Waals surface area contributed by atoms with Crippen LogP contribution in [-0.4, -0.2) is 59.5 Å². The predicted molar refractivity (Wildman–Crippen MR) is 139 cm³/mol. The molecule has 39 heavy (non-hydrogen) atoms. The normalized spacial score (nSPS) is 21.8. The third-order valence-corrected chi connectivity index (χ3v) is 8.39. The monoisotopic (exact) mass is 543 g/mol. The molecule has 0 bridgehead atoms. The molecule has 2 aliphatic heterocycles. The minimum atomic E-state index is -2.89. The van der Waals surface area contributed by atoms with Gasteiger partial charge in [0, 0.05) is 50.6 Å². The van der Waals surface area contributed by atoms with Crippen LogP contribution in [0.25, 0.3) is 0 Å². The first kappa shape index (κ1) is 27.0. The summed E-state index contributed by atoms with van der Waals surface area (Å²) >= 11 is 0. The first-order valence-electron chi connectivity index (χ1n) is 13.4. The van der Waals surface area contributed by atoms with Crippen LogP contribution in [0.2, 0.25) is 0 Å². The van der Waals surface area contributed by atoms with Crippen LogP contribution in [0.15, 0.2) is 48.5 Å². The zero-order valence-electron chi connectivity index (χ0n) is 21.6. The van der Waals surface area contributed by atoms with Gasteiger partial charge in [0.15, 0.2) is 0 Å². The van der Waals surface area contributed by atoms with Gasteiger partial charge in [0.2, 0.25) is 11.8 Å². The van der Waals surface area contributed by atoms with Gasteiger partial charge in [-0.15, -0.1) is 0 Å². The lowest BCUT2D eigenvalue weighted by Gasteiger charge is -2.42. The Bertz CT molecular complexity index is 1250. The van der Waals surface area contributed by atoms with Gasteiger partial charge in [-0.05, 0) is 55.9 Å². The molecule has 2 aromatic rings. The lowest BCUT2D eigenvalue weighted by atomic mass is 9.75.